The second-order valence-electron chi connectivity index (χ2n) is 7.18. The lowest BCUT2D eigenvalue weighted by Crippen LogP contribution is -2.45. The van der Waals surface area contributed by atoms with E-state index in [9.17, 15) is 0 Å². The Kier molecular flexibility index (Phi) is 10.3. The molecule has 1 aliphatic rings. The van der Waals surface area contributed by atoms with Crippen LogP contribution >= 0.6 is 0 Å². The Balaban J connectivity index is 2.57. The molecule has 4 nitrogen and oxygen atoms in total. The van der Waals surface area contributed by atoms with Gasteiger partial charge in [0.25, 0.3) is 0 Å². The predicted octanol–water partition coefficient (Wildman–Crippen LogP) is 2.28. The first-order valence-corrected chi connectivity index (χ1v) is 9.44. The summed E-state index contributed by atoms with van der Waals surface area (Å²) in [5.74, 6) is 0.849. The Morgan fingerprint density at radius 1 is 1.05 bits per heavy atom. The lowest BCUT2D eigenvalue weighted by atomic mass is 9.78. The molecule has 0 aromatic carbocycles. The number of nitrogens with zero attached hydrogens (tertiary/aromatic N) is 2. The van der Waals surface area contributed by atoms with Crippen molar-refractivity contribution in [3.8, 4) is 0 Å². The van der Waals surface area contributed by atoms with Gasteiger partial charge in [0.2, 0.25) is 0 Å². The van der Waals surface area contributed by atoms with Gasteiger partial charge in [-0.3, -0.25) is 0 Å². The third-order valence-electron chi connectivity index (χ3n) is 5.44. The molecule has 22 heavy (non-hydrogen) atoms. The Hall–Kier alpha value is -0.160. The summed E-state index contributed by atoms with van der Waals surface area (Å²) in [6.07, 6.45) is 10.3. The predicted molar refractivity (Wildman–Crippen MR) is 97.0 cm³/mol. The fraction of sp³-hybridized carbons (Fsp3) is 1.00. The van der Waals surface area contributed by atoms with Gasteiger partial charge in [0, 0.05) is 12.1 Å². The average molecular weight is 313 g/mol. The van der Waals surface area contributed by atoms with Gasteiger partial charge in [-0.1, -0.05) is 19.8 Å². The molecule has 0 spiro atoms. The van der Waals surface area contributed by atoms with Gasteiger partial charge in [0.05, 0.1) is 0 Å². The van der Waals surface area contributed by atoms with Gasteiger partial charge >= 0.3 is 0 Å². The summed E-state index contributed by atoms with van der Waals surface area (Å²) in [5, 5.41) is 0. The molecule has 1 rings (SSSR count). The van der Waals surface area contributed by atoms with Crippen molar-refractivity contribution >= 4 is 0 Å². The molecule has 0 aromatic heterocycles. The first-order chi connectivity index (χ1) is 10.6. The maximum absolute atomic E-state index is 5.69. The van der Waals surface area contributed by atoms with Gasteiger partial charge in [-0.05, 0) is 84.7 Å². The first kappa shape index (κ1) is 19.9. The zero-order chi connectivity index (χ0) is 16.4. The minimum absolute atomic E-state index is 0.738. The van der Waals surface area contributed by atoms with Crippen molar-refractivity contribution in [3.05, 3.63) is 0 Å². The van der Waals surface area contributed by atoms with Gasteiger partial charge in [-0.15, -0.1) is 0 Å². The van der Waals surface area contributed by atoms with Crippen molar-refractivity contribution in [2.24, 2.45) is 17.4 Å². The largest absolute Gasteiger partial charge is 0.330 e. The van der Waals surface area contributed by atoms with E-state index in [2.05, 4.69) is 30.8 Å². The van der Waals surface area contributed by atoms with E-state index >= 15 is 0 Å². The van der Waals surface area contributed by atoms with Crippen LogP contribution in [0, 0.1) is 5.92 Å². The summed E-state index contributed by atoms with van der Waals surface area (Å²) >= 11 is 0. The maximum Gasteiger partial charge on any atom is 0.0121 e. The molecule has 0 bridgehead atoms. The fourth-order valence-corrected chi connectivity index (χ4v) is 4.09. The number of nitrogens with two attached hydrogens (primary N) is 2. The zero-order valence-electron chi connectivity index (χ0n) is 15.3. The highest BCUT2D eigenvalue weighted by Gasteiger charge is 2.31. The summed E-state index contributed by atoms with van der Waals surface area (Å²) in [5.41, 5.74) is 11.4. The van der Waals surface area contributed by atoms with Gasteiger partial charge < -0.3 is 21.3 Å². The van der Waals surface area contributed by atoms with E-state index in [1.54, 1.807) is 0 Å². The standard InChI is InChI=1S/C18H40N4/c1-4-8-18(22(3)14-7-12-20)16-9-5-10-17(15-16)21(2)13-6-11-19/h16-18H,4-15,19-20H2,1-3H3. The number of hydrogen-bond acceptors (Lipinski definition) is 4. The second-order valence-corrected chi connectivity index (χ2v) is 7.18. The molecule has 0 saturated heterocycles. The van der Waals surface area contributed by atoms with E-state index in [4.69, 9.17) is 11.5 Å². The summed E-state index contributed by atoms with van der Waals surface area (Å²) in [4.78, 5) is 5.14. The molecule has 1 aliphatic carbocycles. The Labute approximate surface area is 138 Å². The molecule has 0 aromatic rings. The van der Waals surface area contributed by atoms with E-state index in [-0.39, 0.29) is 0 Å². The number of rotatable bonds is 11. The van der Waals surface area contributed by atoms with Crippen LogP contribution in [0.25, 0.3) is 0 Å². The highest BCUT2D eigenvalue weighted by Crippen LogP contribution is 2.33. The molecular weight excluding hydrogens is 272 g/mol. The van der Waals surface area contributed by atoms with E-state index in [1.807, 2.05) is 0 Å². The summed E-state index contributed by atoms with van der Waals surface area (Å²) in [6.45, 7) is 6.22. The maximum atomic E-state index is 5.69. The van der Waals surface area contributed by atoms with Crippen LogP contribution in [0.1, 0.15) is 58.3 Å². The highest BCUT2D eigenvalue weighted by atomic mass is 15.1. The van der Waals surface area contributed by atoms with Crippen molar-refractivity contribution in [2.45, 2.75) is 70.4 Å². The van der Waals surface area contributed by atoms with E-state index in [0.717, 1.165) is 57.0 Å². The summed E-state index contributed by atoms with van der Waals surface area (Å²) in [6, 6.07) is 1.50. The van der Waals surface area contributed by atoms with E-state index in [1.165, 1.54) is 38.5 Å². The SMILES string of the molecule is CCCC(C1CCCC(N(C)CCCN)C1)N(C)CCCN. The molecule has 3 atom stereocenters. The first-order valence-electron chi connectivity index (χ1n) is 9.44. The van der Waals surface area contributed by atoms with Crippen LogP contribution in [0.15, 0.2) is 0 Å². The minimum Gasteiger partial charge on any atom is -0.330 e. The Morgan fingerprint density at radius 3 is 2.36 bits per heavy atom. The molecule has 3 unspecified atom stereocenters. The minimum atomic E-state index is 0.738. The van der Waals surface area contributed by atoms with E-state index in [0.29, 0.717) is 0 Å². The average Bonchev–Trinajstić information content (AvgIpc) is 2.55. The monoisotopic (exact) mass is 312 g/mol. The summed E-state index contributed by atoms with van der Waals surface area (Å²) < 4.78 is 0. The quantitative estimate of drug-likeness (QED) is 0.614. The lowest BCUT2D eigenvalue weighted by Gasteiger charge is -2.42. The highest BCUT2D eigenvalue weighted by molar-refractivity contribution is 4.86. The van der Waals surface area contributed by atoms with Crippen LogP contribution in [-0.4, -0.2) is 62.2 Å². The molecule has 4 N–H and O–H groups in total. The topological polar surface area (TPSA) is 58.5 Å². The van der Waals surface area contributed by atoms with Crippen LogP contribution in [0.5, 0.6) is 0 Å². The van der Waals surface area contributed by atoms with Gasteiger partial charge in [-0.25, -0.2) is 0 Å². The third-order valence-corrected chi connectivity index (χ3v) is 5.44. The smallest absolute Gasteiger partial charge is 0.0121 e. The zero-order valence-corrected chi connectivity index (χ0v) is 15.3. The molecule has 0 amide bonds. The summed E-state index contributed by atoms with van der Waals surface area (Å²) in [7, 11) is 4.59. The van der Waals surface area contributed by atoms with Crippen LogP contribution in [-0.2, 0) is 0 Å². The molecule has 1 saturated carbocycles. The second kappa shape index (κ2) is 11.4. The lowest BCUT2D eigenvalue weighted by molar-refractivity contribution is 0.0873. The fourth-order valence-electron chi connectivity index (χ4n) is 4.09. The molecular formula is C18H40N4. The van der Waals surface area contributed by atoms with Crippen LogP contribution < -0.4 is 11.5 Å². The van der Waals surface area contributed by atoms with Gasteiger partial charge in [0.1, 0.15) is 0 Å². The van der Waals surface area contributed by atoms with Gasteiger partial charge in [0.15, 0.2) is 0 Å². The van der Waals surface area contributed by atoms with Crippen molar-refractivity contribution in [1.82, 2.24) is 9.80 Å². The third kappa shape index (κ3) is 6.53. The molecule has 4 heteroatoms. The molecule has 0 radical (unpaired) electrons. The Morgan fingerprint density at radius 2 is 1.73 bits per heavy atom. The van der Waals surface area contributed by atoms with Crippen LogP contribution in [0.3, 0.4) is 0 Å². The normalized spacial score (nSPS) is 24.1. The molecule has 1 fully saturated rings. The van der Waals surface area contributed by atoms with Crippen LogP contribution in [0.2, 0.25) is 0 Å². The molecule has 0 aliphatic heterocycles. The molecule has 132 valence electrons. The van der Waals surface area contributed by atoms with Crippen molar-refractivity contribution in [3.63, 3.8) is 0 Å². The van der Waals surface area contributed by atoms with Crippen molar-refractivity contribution in [1.29, 1.82) is 0 Å². The molecule has 0 heterocycles. The van der Waals surface area contributed by atoms with E-state index < -0.39 is 0 Å². The van der Waals surface area contributed by atoms with Crippen LogP contribution in [0.4, 0.5) is 0 Å². The van der Waals surface area contributed by atoms with Crippen molar-refractivity contribution < 1.29 is 0 Å². The number of hydrogen-bond donors (Lipinski definition) is 2. The van der Waals surface area contributed by atoms with Gasteiger partial charge in [-0.2, -0.15) is 0 Å². The van der Waals surface area contributed by atoms with Crippen molar-refractivity contribution in [2.75, 3.05) is 40.3 Å². The Bertz CT molecular complexity index is 272.